The van der Waals surface area contributed by atoms with Gasteiger partial charge < -0.3 is 4.90 Å². The van der Waals surface area contributed by atoms with Gasteiger partial charge in [-0.1, -0.05) is 60.7 Å². The van der Waals surface area contributed by atoms with Gasteiger partial charge in [-0.25, -0.2) is 0 Å². The normalized spacial score (nSPS) is 17.0. The third-order valence-corrected chi connectivity index (χ3v) is 5.46. The van der Waals surface area contributed by atoms with E-state index < -0.39 is 0 Å². The summed E-state index contributed by atoms with van der Waals surface area (Å²) in [6, 6.07) is 19.3. The molecule has 2 aromatic rings. The number of allylic oxidation sites excluding steroid dienone is 3. The summed E-state index contributed by atoms with van der Waals surface area (Å²) in [7, 11) is 0. The van der Waals surface area contributed by atoms with E-state index in [4.69, 9.17) is 0 Å². The van der Waals surface area contributed by atoms with Crippen LogP contribution in [0, 0.1) is 0 Å². The van der Waals surface area contributed by atoms with Gasteiger partial charge in [0.05, 0.1) is 0 Å². The minimum Gasteiger partial charge on any atom is -0.339 e. The summed E-state index contributed by atoms with van der Waals surface area (Å²) in [6.07, 6.45) is 9.10. The Morgan fingerprint density at radius 3 is 2.46 bits per heavy atom. The first kappa shape index (κ1) is 16.8. The largest absolute Gasteiger partial charge is 0.339 e. The van der Waals surface area contributed by atoms with E-state index in [-0.39, 0.29) is 5.91 Å². The van der Waals surface area contributed by atoms with Crippen LogP contribution < -0.4 is 0 Å². The zero-order valence-electron chi connectivity index (χ0n) is 15.2. The molecule has 132 valence electrons. The van der Waals surface area contributed by atoms with Crippen LogP contribution in [0.4, 0.5) is 0 Å². The van der Waals surface area contributed by atoms with Gasteiger partial charge in [0, 0.05) is 19.2 Å². The van der Waals surface area contributed by atoms with Gasteiger partial charge in [0.15, 0.2) is 0 Å². The highest BCUT2D eigenvalue weighted by Crippen LogP contribution is 2.34. The lowest BCUT2D eigenvalue weighted by atomic mass is 9.82. The molecule has 2 nitrogen and oxygen atoms in total. The SMILES string of the molecule is O=C(/C=C/C1=C(Cc2ccccc2)c2ccccc2CC1)N1CCCC1. The molecule has 0 bridgehead atoms. The fourth-order valence-electron chi connectivity index (χ4n) is 4.03. The molecule has 1 heterocycles. The van der Waals surface area contributed by atoms with Crippen LogP contribution in [0.25, 0.3) is 5.57 Å². The monoisotopic (exact) mass is 343 g/mol. The molecular formula is C24H25NO. The first-order chi connectivity index (χ1) is 12.8. The lowest BCUT2D eigenvalue weighted by Crippen LogP contribution is -2.25. The maximum Gasteiger partial charge on any atom is 0.246 e. The molecule has 0 N–H and O–H groups in total. The van der Waals surface area contributed by atoms with Crippen LogP contribution in [-0.2, 0) is 17.6 Å². The number of hydrogen-bond donors (Lipinski definition) is 0. The number of likely N-dealkylation sites (tertiary alicyclic amines) is 1. The molecule has 1 amide bonds. The van der Waals surface area contributed by atoms with Crippen molar-refractivity contribution in [2.45, 2.75) is 32.1 Å². The zero-order valence-corrected chi connectivity index (χ0v) is 15.2. The lowest BCUT2D eigenvalue weighted by molar-refractivity contribution is -0.124. The van der Waals surface area contributed by atoms with Crippen molar-refractivity contribution in [2.24, 2.45) is 0 Å². The number of aryl methyl sites for hydroxylation is 1. The Morgan fingerprint density at radius 2 is 1.65 bits per heavy atom. The Kier molecular flexibility index (Phi) is 5.01. The number of rotatable bonds is 4. The van der Waals surface area contributed by atoms with E-state index in [0.717, 1.165) is 45.2 Å². The highest BCUT2D eigenvalue weighted by atomic mass is 16.2. The molecule has 0 unspecified atom stereocenters. The molecule has 0 radical (unpaired) electrons. The van der Waals surface area contributed by atoms with Crippen LogP contribution in [0.15, 0.2) is 72.3 Å². The Balaban J connectivity index is 1.66. The van der Waals surface area contributed by atoms with Crippen LogP contribution in [-0.4, -0.2) is 23.9 Å². The maximum atomic E-state index is 12.4. The number of hydrogen-bond acceptors (Lipinski definition) is 1. The number of nitrogens with zero attached hydrogens (tertiary/aromatic N) is 1. The summed E-state index contributed by atoms with van der Waals surface area (Å²) >= 11 is 0. The summed E-state index contributed by atoms with van der Waals surface area (Å²) < 4.78 is 0. The highest BCUT2D eigenvalue weighted by Gasteiger charge is 2.19. The standard InChI is InChI=1S/C24H25NO/c26-24(25-16-6-7-17-25)15-14-21-13-12-20-10-4-5-11-22(20)23(21)18-19-8-2-1-3-9-19/h1-5,8-11,14-15H,6-7,12-13,16-18H2/b15-14+. The fraction of sp³-hybridized carbons (Fsp3) is 0.292. The molecule has 2 heteroatoms. The minimum absolute atomic E-state index is 0.160. The van der Waals surface area contributed by atoms with Crippen molar-refractivity contribution in [1.82, 2.24) is 4.90 Å². The van der Waals surface area contributed by atoms with Crippen molar-refractivity contribution in [3.63, 3.8) is 0 Å². The zero-order chi connectivity index (χ0) is 17.8. The molecule has 1 aliphatic heterocycles. The second-order valence-electron chi connectivity index (χ2n) is 7.19. The molecule has 26 heavy (non-hydrogen) atoms. The summed E-state index contributed by atoms with van der Waals surface area (Å²) in [5.74, 6) is 0.160. The van der Waals surface area contributed by atoms with E-state index in [1.807, 2.05) is 4.90 Å². The van der Waals surface area contributed by atoms with Crippen molar-refractivity contribution in [3.05, 3.63) is 89.0 Å². The van der Waals surface area contributed by atoms with Crippen molar-refractivity contribution in [3.8, 4) is 0 Å². The Bertz CT molecular complexity index is 842. The van der Waals surface area contributed by atoms with E-state index in [0.29, 0.717) is 0 Å². The van der Waals surface area contributed by atoms with Crippen LogP contribution in [0.2, 0.25) is 0 Å². The maximum absolute atomic E-state index is 12.4. The second-order valence-corrected chi connectivity index (χ2v) is 7.19. The van der Waals surface area contributed by atoms with E-state index in [9.17, 15) is 4.79 Å². The first-order valence-corrected chi connectivity index (χ1v) is 9.62. The molecule has 1 fully saturated rings. The van der Waals surface area contributed by atoms with Crippen LogP contribution in [0.5, 0.6) is 0 Å². The van der Waals surface area contributed by atoms with Gasteiger partial charge in [-0.2, -0.15) is 0 Å². The Labute approximate surface area is 155 Å². The molecule has 0 atom stereocenters. The van der Waals surface area contributed by atoms with Gasteiger partial charge in [0.25, 0.3) is 0 Å². The topological polar surface area (TPSA) is 20.3 Å². The highest BCUT2D eigenvalue weighted by molar-refractivity contribution is 5.89. The molecule has 0 spiro atoms. The number of carbonyl (C=O) groups is 1. The summed E-state index contributed by atoms with van der Waals surface area (Å²) in [6.45, 7) is 1.81. The van der Waals surface area contributed by atoms with E-state index in [1.165, 1.54) is 27.8 Å². The smallest absolute Gasteiger partial charge is 0.246 e. The van der Waals surface area contributed by atoms with Gasteiger partial charge >= 0.3 is 0 Å². The van der Waals surface area contributed by atoms with Crippen molar-refractivity contribution in [2.75, 3.05) is 13.1 Å². The van der Waals surface area contributed by atoms with Gasteiger partial charge in [-0.15, -0.1) is 0 Å². The van der Waals surface area contributed by atoms with Crippen molar-refractivity contribution in [1.29, 1.82) is 0 Å². The molecule has 1 saturated heterocycles. The van der Waals surface area contributed by atoms with Crippen LogP contribution in [0.3, 0.4) is 0 Å². The molecule has 2 aliphatic rings. The van der Waals surface area contributed by atoms with Crippen molar-refractivity contribution < 1.29 is 4.79 Å². The third kappa shape index (κ3) is 3.65. The molecule has 0 aromatic heterocycles. The van der Waals surface area contributed by atoms with Crippen LogP contribution >= 0.6 is 0 Å². The summed E-state index contributed by atoms with van der Waals surface area (Å²) in [4.78, 5) is 14.4. The lowest BCUT2D eigenvalue weighted by Gasteiger charge is -2.22. The van der Waals surface area contributed by atoms with Gasteiger partial charge in [0.1, 0.15) is 0 Å². The predicted octanol–water partition coefficient (Wildman–Crippen LogP) is 4.81. The predicted molar refractivity (Wildman–Crippen MR) is 107 cm³/mol. The number of carbonyl (C=O) groups excluding carboxylic acids is 1. The average molecular weight is 343 g/mol. The molecule has 4 rings (SSSR count). The number of fused-ring (bicyclic) bond motifs is 1. The average Bonchev–Trinajstić information content (AvgIpc) is 3.23. The van der Waals surface area contributed by atoms with Gasteiger partial charge in [-0.3, -0.25) is 4.79 Å². The van der Waals surface area contributed by atoms with E-state index >= 15 is 0 Å². The fourth-order valence-corrected chi connectivity index (χ4v) is 4.03. The number of benzene rings is 2. The minimum atomic E-state index is 0.160. The Hall–Kier alpha value is -2.61. The van der Waals surface area contributed by atoms with Crippen LogP contribution in [0.1, 0.15) is 36.0 Å². The summed E-state index contributed by atoms with van der Waals surface area (Å²) in [5.41, 5.74) is 6.75. The quantitative estimate of drug-likeness (QED) is 0.730. The van der Waals surface area contributed by atoms with Gasteiger partial charge in [0.2, 0.25) is 5.91 Å². The second kappa shape index (κ2) is 7.74. The summed E-state index contributed by atoms with van der Waals surface area (Å²) in [5, 5.41) is 0. The van der Waals surface area contributed by atoms with Gasteiger partial charge in [-0.05, 0) is 59.9 Å². The Morgan fingerprint density at radius 1 is 0.923 bits per heavy atom. The van der Waals surface area contributed by atoms with E-state index in [2.05, 4.69) is 60.7 Å². The first-order valence-electron chi connectivity index (χ1n) is 9.62. The van der Waals surface area contributed by atoms with E-state index in [1.54, 1.807) is 6.08 Å². The molecule has 0 saturated carbocycles. The molecular weight excluding hydrogens is 318 g/mol. The third-order valence-electron chi connectivity index (χ3n) is 5.46. The molecule has 2 aromatic carbocycles. The molecule has 1 aliphatic carbocycles. The number of amides is 1. The van der Waals surface area contributed by atoms with Crippen molar-refractivity contribution >= 4 is 11.5 Å².